The lowest BCUT2D eigenvalue weighted by molar-refractivity contribution is -0.146. The number of carbonyl (C=O) groups is 3. The maximum atomic E-state index is 12.6. The summed E-state index contributed by atoms with van der Waals surface area (Å²) < 4.78 is 22.2. The second-order valence-electron chi connectivity index (χ2n) is 11.0. The number of allylic oxidation sites excluding steroid dienone is 2. The third kappa shape index (κ3) is 5.25. The SMILES string of the molecule is Cc1c(O)ccc2c(COc3ccc4c(COC(=O)CCN5C(=O)C6CC=CCC6C5=O)cc(=O)oc4c3C)cc(=O)oc12. The van der Waals surface area contributed by atoms with Crippen LogP contribution in [0.1, 0.15) is 41.5 Å². The van der Waals surface area contributed by atoms with Crippen LogP contribution in [0.2, 0.25) is 0 Å². The molecule has 2 atom stereocenters. The Labute approximate surface area is 250 Å². The molecule has 44 heavy (non-hydrogen) atoms. The van der Waals surface area contributed by atoms with Crippen molar-refractivity contribution >= 4 is 39.7 Å². The summed E-state index contributed by atoms with van der Waals surface area (Å²) in [5, 5.41) is 11.2. The number of likely N-dealkylation sites (tertiary alicyclic amines) is 1. The summed E-state index contributed by atoms with van der Waals surface area (Å²) in [6.07, 6.45) is 4.70. The van der Waals surface area contributed by atoms with Crippen molar-refractivity contribution in [1.29, 1.82) is 0 Å². The predicted molar refractivity (Wildman–Crippen MR) is 157 cm³/mol. The molecule has 1 aliphatic heterocycles. The second-order valence-corrected chi connectivity index (χ2v) is 11.0. The molecule has 3 heterocycles. The van der Waals surface area contributed by atoms with E-state index in [1.165, 1.54) is 18.2 Å². The largest absolute Gasteiger partial charge is 0.508 e. The number of nitrogens with zero attached hydrogens (tertiary/aromatic N) is 1. The van der Waals surface area contributed by atoms with Crippen molar-refractivity contribution in [2.75, 3.05) is 6.54 Å². The van der Waals surface area contributed by atoms with E-state index in [0.717, 1.165) is 4.90 Å². The minimum absolute atomic E-state index is 0.000225. The van der Waals surface area contributed by atoms with E-state index in [1.807, 2.05) is 12.2 Å². The highest BCUT2D eigenvalue weighted by Crippen LogP contribution is 2.35. The lowest BCUT2D eigenvalue weighted by atomic mass is 9.85. The molecule has 0 radical (unpaired) electrons. The van der Waals surface area contributed by atoms with Crippen LogP contribution in [0.15, 0.2) is 67.0 Å². The number of imide groups is 1. The van der Waals surface area contributed by atoms with E-state index in [4.69, 9.17) is 18.3 Å². The molecule has 0 bridgehead atoms. The van der Waals surface area contributed by atoms with Crippen LogP contribution in [0.4, 0.5) is 0 Å². The smallest absolute Gasteiger partial charge is 0.336 e. The maximum Gasteiger partial charge on any atom is 0.336 e. The Bertz CT molecular complexity index is 1960. The Kier molecular flexibility index (Phi) is 7.54. The number of ether oxygens (including phenoxy) is 2. The number of aromatic hydroxyl groups is 1. The first-order chi connectivity index (χ1) is 21.1. The Balaban J connectivity index is 1.15. The molecule has 1 fully saturated rings. The number of fused-ring (bicyclic) bond motifs is 3. The number of phenolic OH excluding ortho intramolecular Hbond substituents is 1. The standard InChI is InChI=1S/C33H29NO10/c1-17-25(35)9-7-21-19(13-28(37)43-30(17)21)15-41-26-10-8-22-20(14-29(38)44-31(22)18(26)2)16-42-27(36)11-12-34-32(39)23-5-3-4-6-24(23)33(34)40/h3-4,7-10,13-14,23-24,35H,5-6,11-12,15-16H2,1-2H3. The highest BCUT2D eigenvalue weighted by Gasteiger charge is 2.47. The van der Waals surface area contributed by atoms with E-state index < -0.39 is 17.2 Å². The van der Waals surface area contributed by atoms with Crippen LogP contribution in [0.25, 0.3) is 21.9 Å². The van der Waals surface area contributed by atoms with Crippen LogP contribution in [0, 0.1) is 25.7 Å². The molecule has 2 aromatic heterocycles. The topological polar surface area (TPSA) is 154 Å². The van der Waals surface area contributed by atoms with E-state index in [-0.39, 0.29) is 66.7 Å². The van der Waals surface area contributed by atoms with Crippen LogP contribution in [0.5, 0.6) is 11.5 Å². The summed E-state index contributed by atoms with van der Waals surface area (Å²) in [6.45, 7) is 3.09. The van der Waals surface area contributed by atoms with E-state index in [0.29, 0.717) is 51.6 Å². The van der Waals surface area contributed by atoms with Gasteiger partial charge in [-0.15, -0.1) is 0 Å². The molecule has 6 rings (SSSR count). The number of benzene rings is 2. The predicted octanol–water partition coefficient (Wildman–Crippen LogP) is 4.19. The van der Waals surface area contributed by atoms with Crippen LogP contribution in [-0.2, 0) is 32.3 Å². The van der Waals surface area contributed by atoms with Crippen molar-refractivity contribution in [2.24, 2.45) is 11.8 Å². The molecule has 2 amide bonds. The highest BCUT2D eigenvalue weighted by atomic mass is 16.5. The quantitative estimate of drug-likeness (QED) is 0.135. The lowest BCUT2D eigenvalue weighted by Gasteiger charge is -2.15. The van der Waals surface area contributed by atoms with Crippen molar-refractivity contribution < 1.29 is 37.8 Å². The van der Waals surface area contributed by atoms with Crippen LogP contribution < -0.4 is 16.0 Å². The van der Waals surface area contributed by atoms with E-state index in [9.17, 15) is 29.1 Å². The number of aryl methyl sites for hydroxylation is 2. The number of hydrogen-bond donors (Lipinski definition) is 1. The van der Waals surface area contributed by atoms with Crippen LogP contribution >= 0.6 is 0 Å². The van der Waals surface area contributed by atoms with Crippen molar-refractivity contribution in [1.82, 2.24) is 4.90 Å². The second kappa shape index (κ2) is 11.5. The zero-order valence-corrected chi connectivity index (χ0v) is 24.1. The number of phenols is 1. The summed E-state index contributed by atoms with van der Waals surface area (Å²) in [4.78, 5) is 63.6. The molecule has 1 aliphatic carbocycles. The van der Waals surface area contributed by atoms with Crippen molar-refractivity contribution in [3.63, 3.8) is 0 Å². The van der Waals surface area contributed by atoms with Gasteiger partial charge in [0.25, 0.3) is 0 Å². The molecular weight excluding hydrogens is 570 g/mol. The lowest BCUT2D eigenvalue weighted by Crippen LogP contribution is -2.33. The Hall–Kier alpha value is -5.19. The number of amides is 2. The fraction of sp³-hybridized carbons (Fsp3) is 0.303. The van der Waals surface area contributed by atoms with Gasteiger partial charge in [0.1, 0.15) is 35.9 Å². The van der Waals surface area contributed by atoms with Gasteiger partial charge in [-0.3, -0.25) is 19.3 Å². The molecule has 0 saturated carbocycles. The molecule has 4 aromatic rings. The first-order valence-corrected chi connectivity index (χ1v) is 14.2. The Morgan fingerprint density at radius 1 is 0.841 bits per heavy atom. The monoisotopic (exact) mass is 599 g/mol. The number of esters is 1. The third-order valence-electron chi connectivity index (χ3n) is 8.33. The fourth-order valence-electron chi connectivity index (χ4n) is 5.90. The van der Waals surface area contributed by atoms with Crippen molar-refractivity contribution in [3.05, 3.63) is 91.6 Å². The molecular formula is C33H29NO10. The van der Waals surface area contributed by atoms with Crippen LogP contribution in [-0.4, -0.2) is 34.3 Å². The van der Waals surface area contributed by atoms with Crippen molar-refractivity contribution in [2.45, 2.75) is 46.3 Å². The van der Waals surface area contributed by atoms with Crippen molar-refractivity contribution in [3.8, 4) is 11.5 Å². The Morgan fingerprint density at radius 3 is 2.05 bits per heavy atom. The van der Waals surface area contributed by atoms with E-state index in [2.05, 4.69) is 0 Å². The summed E-state index contributed by atoms with van der Waals surface area (Å²) in [7, 11) is 0. The Morgan fingerprint density at radius 2 is 1.41 bits per heavy atom. The molecule has 11 heteroatoms. The number of hydrogen-bond acceptors (Lipinski definition) is 10. The third-order valence-corrected chi connectivity index (χ3v) is 8.33. The summed E-state index contributed by atoms with van der Waals surface area (Å²) in [6, 6.07) is 9.09. The average molecular weight is 600 g/mol. The molecule has 11 nitrogen and oxygen atoms in total. The molecule has 1 N–H and O–H groups in total. The van der Waals surface area contributed by atoms with Gasteiger partial charge in [-0.25, -0.2) is 9.59 Å². The van der Waals surface area contributed by atoms with Gasteiger partial charge >= 0.3 is 17.2 Å². The minimum atomic E-state index is -0.643. The van der Waals surface area contributed by atoms with Gasteiger partial charge < -0.3 is 23.4 Å². The molecule has 0 spiro atoms. The normalized spacial score (nSPS) is 17.8. The fourth-order valence-corrected chi connectivity index (χ4v) is 5.90. The minimum Gasteiger partial charge on any atom is -0.508 e. The van der Waals surface area contributed by atoms with Gasteiger partial charge in [-0.1, -0.05) is 12.2 Å². The zero-order chi connectivity index (χ0) is 31.1. The highest BCUT2D eigenvalue weighted by molar-refractivity contribution is 6.05. The first kappa shape index (κ1) is 28.9. The molecule has 2 aromatic carbocycles. The summed E-state index contributed by atoms with van der Waals surface area (Å²) >= 11 is 0. The van der Waals surface area contributed by atoms with Crippen LogP contribution in [0.3, 0.4) is 0 Å². The van der Waals surface area contributed by atoms with Gasteiger partial charge in [-0.2, -0.15) is 0 Å². The first-order valence-electron chi connectivity index (χ1n) is 14.2. The summed E-state index contributed by atoms with van der Waals surface area (Å²) in [5.74, 6) is -1.43. The van der Waals surface area contributed by atoms with E-state index >= 15 is 0 Å². The van der Waals surface area contributed by atoms with E-state index in [1.54, 1.807) is 32.0 Å². The van der Waals surface area contributed by atoms with Gasteiger partial charge in [-0.05, 0) is 51.0 Å². The average Bonchev–Trinajstić information content (AvgIpc) is 3.25. The number of carbonyl (C=O) groups excluding carboxylic acids is 3. The van der Waals surface area contributed by atoms with Gasteiger partial charge in [0, 0.05) is 51.7 Å². The molecule has 226 valence electrons. The van der Waals surface area contributed by atoms with Gasteiger partial charge in [0.05, 0.1) is 18.3 Å². The molecule has 2 unspecified atom stereocenters. The molecule has 2 aliphatic rings. The summed E-state index contributed by atoms with van der Waals surface area (Å²) in [5.41, 5.74) is 1.23. The van der Waals surface area contributed by atoms with Gasteiger partial charge in [0.15, 0.2) is 0 Å². The zero-order valence-electron chi connectivity index (χ0n) is 24.1. The molecule has 1 saturated heterocycles. The maximum absolute atomic E-state index is 12.6. The number of rotatable bonds is 8. The van der Waals surface area contributed by atoms with Gasteiger partial charge in [0.2, 0.25) is 11.8 Å².